The van der Waals surface area contributed by atoms with E-state index in [1.165, 1.54) is 6.92 Å². The molecule has 0 saturated carbocycles. The van der Waals surface area contributed by atoms with Crippen LogP contribution in [0.25, 0.3) is 22.3 Å². The van der Waals surface area contributed by atoms with Crippen LogP contribution < -0.4 is 5.32 Å². The number of benzene rings is 1. The lowest BCUT2D eigenvalue weighted by Gasteiger charge is -2.32. The number of fused-ring (bicyclic) bond motifs is 1. The lowest BCUT2D eigenvalue weighted by molar-refractivity contribution is -0.118. The highest BCUT2D eigenvalue weighted by Crippen LogP contribution is 2.31. The van der Waals surface area contributed by atoms with Crippen LogP contribution >= 0.6 is 0 Å². The van der Waals surface area contributed by atoms with E-state index in [-0.39, 0.29) is 24.0 Å². The summed E-state index contributed by atoms with van der Waals surface area (Å²) in [5.41, 5.74) is 2.30. The number of ether oxygens (including phenoxy) is 1. The van der Waals surface area contributed by atoms with Crippen molar-refractivity contribution < 1.29 is 18.8 Å². The number of rotatable bonds is 6. The number of likely N-dealkylation sites (tertiary alicyclic amines) is 1. The minimum Gasteiger partial charge on any atom is -0.444 e. The summed E-state index contributed by atoms with van der Waals surface area (Å²) in [5, 5.41) is 12.9. The number of aromatic nitrogens is 4. The highest BCUT2D eigenvalue weighted by atomic mass is 16.6. The van der Waals surface area contributed by atoms with Crippen LogP contribution in [0, 0.1) is 0 Å². The second kappa shape index (κ2) is 10.3. The van der Waals surface area contributed by atoms with Gasteiger partial charge in [-0.25, -0.2) is 4.79 Å². The third kappa shape index (κ3) is 5.85. The Morgan fingerprint density at radius 1 is 1.22 bits per heavy atom. The fourth-order valence-corrected chi connectivity index (χ4v) is 4.43. The number of nitrogens with one attached hydrogen (secondary N) is 1. The summed E-state index contributed by atoms with van der Waals surface area (Å²) in [7, 11) is 0. The molecule has 0 spiro atoms. The van der Waals surface area contributed by atoms with E-state index in [1.54, 1.807) is 4.90 Å². The monoisotopic (exact) mass is 496 g/mol. The quantitative estimate of drug-likeness (QED) is 0.536. The Balaban J connectivity index is 1.48. The summed E-state index contributed by atoms with van der Waals surface area (Å²) in [6.45, 7) is 13.0. The summed E-state index contributed by atoms with van der Waals surface area (Å²) in [4.78, 5) is 30.0. The van der Waals surface area contributed by atoms with Crippen molar-refractivity contribution in [3.63, 3.8) is 0 Å². The minimum absolute atomic E-state index is 0.0479. The van der Waals surface area contributed by atoms with Gasteiger partial charge in [0.15, 0.2) is 0 Å². The molecule has 0 atom stereocenters. The van der Waals surface area contributed by atoms with E-state index in [2.05, 4.69) is 24.3 Å². The molecule has 4 rings (SSSR count). The van der Waals surface area contributed by atoms with E-state index >= 15 is 0 Å². The first-order chi connectivity index (χ1) is 17.0. The maximum atomic E-state index is 12.3. The standard InChI is InChI=1S/C26H36N6O4/c1-16(2)32-22-15-19(7-8-20(22)21(29-32)9-12-27-17(3)33)23-28-24(36-30-23)18-10-13-31(14-11-18)25(34)35-26(4,5)6/h7-8,15-16,18H,9-14H2,1-6H3,(H,27,33). The Morgan fingerprint density at radius 3 is 2.58 bits per heavy atom. The summed E-state index contributed by atoms with van der Waals surface area (Å²) < 4.78 is 13.1. The lowest BCUT2D eigenvalue weighted by atomic mass is 9.97. The molecule has 1 aliphatic rings. The first-order valence-electron chi connectivity index (χ1n) is 12.6. The predicted molar refractivity (Wildman–Crippen MR) is 136 cm³/mol. The van der Waals surface area contributed by atoms with Crippen LogP contribution in [0.2, 0.25) is 0 Å². The molecule has 0 radical (unpaired) electrons. The SMILES string of the molecule is CC(=O)NCCc1nn(C(C)C)c2cc(-c3noc(C4CCN(C(=O)OC(C)(C)C)CC4)n3)ccc12. The van der Waals surface area contributed by atoms with Crippen molar-refractivity contribution in [2.45, 2.75) is 78.4 Å². The highest BCUT2D eigenvalue weighted by molar-refractivity contribution is 5.86. The van der Waals surface area contributed by atoms with E-state index in [9.17, 15) is 9.59 Å². The van der Waals surface area contributed by atoms with Gasteiger partial charge >= 0.3 is 6.09 Å². The molecule has 3 aromatic rings. The van der Waals surface area contributed by atoms with Crippen molar-refractivity contribution in [1.82, 2.24) is 30.1 Å². The van der Waals surface area contributed by atoms with Gasteiger partial charge in [-0.15, -0.1) is 0 Å². The third-order valence-electron chi connectivity index (χ3n) is 6.20. The molecule has 1 fully saturated rings. The highest BCUT2D eigenvalue weighted by Gasteiger charge is 2.30. The van der Waals surface area contributed by atoms with Crippen molar-refractivity contribution in [3.8, 4) is 11.4 Å². The van der Waals surface area contributed by atoms with Crippen molar-refractivity contribution in [3.05, 3.63) is 29.8 Å². The Labute approximate surface area is 211 Å². The number of hydrogen-bond acceptors (Lipinski definition) is 7. The molecule has 36 heavy (non-hydrogen) atoms. The summed E-state index contributed by atoms with van der Waals surface area (Å²) in [5.74, 6) is 1.20. The van der Waals surface area contributed by atoms with Crippen molar-refractivity contribution in [2.75, 3.05) is 19.6 Å². The van der Waals surface area contributed by atoms with Gasteiger partial charge in [-0.05, 0) is 53.5 Å². The molecule has 10 nitrogen and oxygen atoms in total. The number of amides is 2. The first kappa shape index (κ1) is 25.7. The molecule has 1 N–H and O–H groups in total. The summed E-state index contributed by atoms with van der Waals surface area (Å²) in [6, 6.07) is 6.24. The van der Waals surface area contributed by atoms with E-state index < -0.39 is 5.60 Å². The number of piperidine rings is 1. The maximum Gasteiger partial charge on any atom is 0.410 e. The molecule has 3 heterocycles. The van der Waals surface area contributed by atoms with E-state index in [0.29, 0.717) is 37.8 Å². The van der Waals surface area contributed by atoms with E-state index in [4.69, 9.17) is 19.3 Å². The van der Waals surface area contributed by atoms with Crippen LogP contribution in [0.1, 0.15) is 77.9 Å². The summed E-state index contributed by atoms with van der Waals surface area (Å²) >= 11 is 0. The largest absolute Gasteiger partial charge is 0.444 e. The van der Waals surface area contributed by atoms with Crippen LogP contribution in [-0.2, 0) is 16.0 Å². The Morgan fingerprint density at radius 2 is 1.94 bits per heavy atom. The normalized spacial score (nSPS) is 15.0. The van der Waals surface area contributed by atoms with Gasteiger partial charge in [-0.1, -0.05) is 17.3 Å². The lowest BCUT2D eigenvalue weighted by Crippen LogP contribution is -2.41. The van der Waals surface area contributed by atoms with Gasteiger partial charge in [0.2, 0.25) is 17.6 Å². The molecule has 0 bridgehead atoms. The predicted octanol–water partition coefficient (Wildman–Crippen LogP) is 4.46. The minimum atomic E-state index is -0.506. The number of carbonyl (C=O) groups is 2. The molecule has 0 unspecified atom stereocenters. The number of carbonyl (C=O) groups excluding carboxylic acids is 2. The van der Waals surface area contributed by atoms with Crippen LogP contribution in [0.3, 0.4) is 0 Å². The van der Waals surface area contributed by atoms with Gasteiger partial charge in [0, 0.05) is 55.9 Å². The molecule has 0 aliphatic carbocycles. The second-order valence-corrected chi connectivity index (χ2v) is 10.6. The molecule has 1 saturated heterocycles. The average Bonchev–Trinajstić information content (AvgIpc) is 3.43. The van der Waals surface area contributed by atoms with Crippen LogP contribution in [0.15, 0.2) is 22.7 Å². The van der Waals surface area contributed by atoms with Gasteiger partial charge in [-0.2, -0.15) is 10.1 Å². The Bertz CT molecular complexity index is 1230. The molecular weight excluding hydrogens is 460 g/mol. The van der Waals surface area contributed by atoms with Gasteiger partial charge in [0.05, 0.1) is 11.2 Å². The van der Waals surface area contributed by atoms with Crippen LogP contribution in [-0.4, -0.2) is 62.1 Å². The second-order valence-electron chi connectivity index (χ2n) is 10.6. The van der Waals surface area contributed by atoms with Crippen molar-refractivity contribution in [2.24, 2.45) is 0 Å². The smallest absolute Gasteiger partial charge is 0.410 e. The fraction of sp³-hybridized carbons (Fsp3) is 0.577. The number of hydrogen-bond donors (Lipinski definition) is 1. The van der Waals surface area contributed by atoms with E-state index in [1.807, 2.05) is 43.7 Å². The topological polar surface area (TPSA) is 115 Å². The van der Waals surface area contributed by atoms with Crippen molar-refractivity contribution in [1.29, 1.82) is 0 Å². The van der Waals surface area contributed by atoms with Crippen LogP contribution in [0.4, 0.5) is 4.79 Å². The molecule has 194 valence electrons. The Kier molecular flexibility index (Phi) is 7.33. The molecule has 10 heteroatoms. The molecule has 2 aromatic heterocycles. The molecule has 1 aromatic carbocycles. The molecule has 1 aliphatic heterocycles. The first-order valence-corrected chi connectivity index (χ1v) is 12.6. The molecular formula is C26H36N6O4. The fourth-order valence-electron chi connectivity index (χ4n) is 4.43. The summed E-state index contributed by atoms with van der Waals surface area (Å²) in [6.07, 6.45) is 1.87. The van der Waals surface area contributed by atoms with Gasteiger partial charge in [0.25, 0.3) is 0 Å². The zero-order chi connectivity index (χ0) is 26.0. The van der Waals surface area contributed by atoms with Gasteiger partial charge < -0.3 is 19.5 Å². The van der Waals surface area contributed by atoms with Crippen molar-refractivity contribution >= 4 is 22.9 Å². The number of nitrogens with zero attached hydrogens (tertiary/aromatic N) is 5. The third-order valence-corrected chi connectivity index (χ3v) is 6.20. The van der Waals surface area contributed by atoms with E-state index in [0.717, 1.165) is 35.0 Å². The average molecular weight is 497 g/mol. The Hall–Kier alpha value is -3.43. The zero-order valence-electron chi connectivity index (χ0n) is 22.0. The van der Waals surface area contributed by atoms with Crippen LogP contribution in [0.5, 0.6) is 0 Å². The van der Waals surface area contributed by atoms with Gasteiger partial charge in [-0.3, -0.25) is 9.48 Å². The van der Waals surface area contributed by atoms with Gasteiger partial charge in [0.1, 0.15) is 5.60 Å². The molecule has 2 amide bonds. The zero-order valence-corrected chi connectivity index (χ0v) is 22.0. The maximum absolute atomic E-state index is 12.3.